The van der Waals surface area contributed by atoms with E-state index in [2.05, 4.69) is 17.3 Å². The molecule has 0 aliphatic heterocycles. The number of carbonyl (C=O) groups is 1. The number of benzene rings is 2. The van der Waals surface area contributed by atoms with Crippen LogP contribution in [0.25, 0.3) is 21.9 Å². The van der Waals surface area contributed by atoms with E-state index in [9.17, 15) is 4.79 Å². The Morgan fingerprint density at radius 3 is 2.63 bits per heavy atom. The maximum atomic E-state index is 12.9. The Morgan fingerprint density at radius 1 is 1.07 bits per heavy atom. The van der Waals surface area contributed by atoms with Gasteiger partial charge in [-0.15, -0.1) is 0 Å². The molecule has 30 heavy (non-hydrogen) atoms. The Morgan fingerprint density at radius 2 is 1.87 bits per heavy atom. The predicted molar refractivity (Wildman–Crippen MR) is 117 cm³/mol. The Labute approximate surface area is 174 Å². The molecule has 2 heterocycles. The number of unbranched alkanes of at least 4 members (excludes halogenated alkanes) is 1. The van der Waals surface area contributed by atoms with Crippen LogP contribution in [0, 0.1) is 0 Å². The molecule has 0 fully saturated rings. The first-order valence-corrected chi connectivity index (χ1v) is 9.94. The van der Waals surface area contributed by atoms with E-state index in [4.69, 9.17) is 14.5 Å². The molecule has 0 bridgehead atoms. The van der Waals surface area contributed by atoms with Gasteiger partial charge in [-0.05, 0) is 36.8 Å². The number of hydrogen-bond acceptors (Lipinski definition) is 5. The molecule has 2 aromatic carbocycles. The molecular formula is C23H24N4O3. The lowest BCUT2D eigenvalue weighted by Crippen LogP contribution is -2.13. The van der Waals surface area contributed by atoms with E-state index in [0.29, 0.717) is 22.9 Å². The summed E-state index contributed by atoms with van der Waals surface area (Å²) in [5.74, 6) is 1.29. The van der Waals surface area contributed by atoms with Gasteiger partial charge >= 0.3 is 0 Å². The molecule has 154 valence electrons. The van der Waals surface area contributed by atoms with Gasteiger partial charge in [0.05, 0.1) is 25.1 Å². The molecule has 4 rings (SSSR count). The monoisotopic (exact) mass is 404 g/mol. The SMILES string of the molecule is CCCCn1nc(NC(=O)c2ccc(OC)c(OC)c2)c2cc3ccccc3nc21. The molecule has 0 unspecified atom stereocenters. The van der Waals surface area contributed by atoms with Gasteiger partial charge in [0.2, 0.25) is 0 Å². The highest BCUT2D eigenvalue weighted by atomic mass is 16.5. The van der Waals surface area contributed by atoms with Gasteiger partial charge in [0, 0.05) is 17.5 Å². The van der Waals surface area contributed by atoms with Crippen LogP contribution in [-0.4, -0.2) is 34.9 Å². The van der Waals surface area contributed by atoms with Gasteiger partial charge in [0.25, 0.3) is 5.91 Å². The van der Waals surface area contributed by atoms with Crippen molar-refractivity contribution in [3.05, 3.63) is 54.1 Å². The zero-order valence-electron chi connectivity index (χ0n) is 17.3. The number of aromatic nitrogens is 3. The van der Waals surface area contributed by atoms with Crippen molar-refractivity contribution in [3.8, 4) is 11.5 Å². The van der Waals surface area contributed by atoms with Crippen LogP contribution in [0.2, 0.25) is 0 Å². The summed E-state index contributed by atoms with van der Waals surface area (Å²) in [5.41, 5.74) is 2.13. The topological polar surface area (TPSA) is 78.3 Å². The molecule has 0 radical (unpaired) electrons. The highest BCUT2D eigenvalue weighted by Gasteiger charge is 2.17. The number of nitrogens with one attached hydrogen (secondary N) is 1. The van der Waals surface area contributed by atoms with Crippen LogP contribution in [0.15, 0.2) is 48.5 Å². The summed E-state index contributed by atoms with van der Waals surface area (Å²) >= 11 is 0. The van der Waals surface area contributed by atoms with E-state index in [-0.39, 0.29) is 5.91 Å². The van der Waals surface area contributed by atoms with Crippen molar-refractivity contribution in [1.29, 1.82) is 0 Å². The number of anilines is 1. The average Bonchev–Trinajstić information content (AvgIpc) is 3.11. The molecule has 0 aliphatic carbocycles. The van der Waals surface area contributed by atoms with Crippen molar-refractivity contribution < 1.29 is 14.3 Å². The molecule has 1 amide bonds. The van der Waals surface area contributed by atoms with Gasteiger partial charge in [-0.1, -0.05) is 31.5 Å². The summed E-state index contributed by atoms with van der Waals surface area (Å²) in [5, 5.41) is 9.42. The van der Waals surface area contributed by atoms with Crippen LogP contribution in [0.1, 0.15) is 30.1 Å². The Hall–Kier alpha value is -3.61. The minimum atomic E-state index is -0.272. The summed E-state index contributed by atoms with van der Waals surface area (Å²) in [6.45, 7) is 2.87. The van der Waals surface area contributed by atoms with E-state index in [1.165, 1.54) is 0 Å². The zero-order valence-corrected chi connectivity index (χ0v) is 17.3. The number of pyridine rings is 1. The second-order valence-electron chi connectivity index (χ2n) is 7.00. The third kappa shape index (κ3) is 3.66. The fourth-order valence-corrected chi connectivity index (χ4v) is 3.41. The van der Waals surface area contributed by atoms with Crippen molar-refractivity contribution in [2.24, 2.45) is 0 Å². The third-order valence-electron chi connectivity index (χ3n) is 5.03. The lowest BCUT2D eigenvalue weighted by molar-refractivity contribution is 0.102. The fraction of sp³-hybridized carbons (Fsp3) is 0.261. The van der Waals surface area contributed by atoms with Crippen LogP contribution in [0.4, 0.5) is 5.82 Å². The van der Waals surface area contributed by atoms with Crippen molar-refractivity contribution in [1.82, 2.24) is 14.8 Å². The number of nitrogens with zero attached hydrogens (tertiary/aromatic N) is 3. The minimum absolute atomic E-state index is 0.272. The van der Waals surface area contributed by atoms with Crippen LogP contribution in [0.3, 0.4) is 0 Å². The number of carbonyl (C=O) groups excluding carboxylic acids is 1. The van der Waals surface area contributed by atoms with Gasteiger partial charge in [-0.2, -0.15) is 5.10 Å². The summed E-state index contributed by atoms with van der Waals surface area (Å²) < 4.78 is 12.4. The Balaban J connectivity index is 1.74. The zero-order chi connectivity index (χ0) is 21.1. The summed E-state index contributed by atoms with van der Waals surface area (Å²) in [7, 11) is 3.10. The third-order valence-corrected chi connectivity index (χ3v) is 5.03. The lowest BCUT2D eigenvalue weighted by Gasteiger charge is -2.09. The van der Waals surface area contributed by atoms with E-state index in [0.717, 1.165) is 41.3 Å². The van der Waals surface area contributed by atoms with Crippen LogP contribution >= 0.6 is 0 Å². The van der Waals surface area contributed by atoms with E-state index in [1.807, 2.05) is 35.0 Å². The predicted octanol–water partition coefficient (Wildman–Crippen LogP) is 4.65. The standard InChI is InChI=1S/C23H24N4O3/c1-4-5-12-27-22-17(13-15-8-6-7-9-18(15)24-22)21(26-27)25-23(28)16-10-11-19(29-2)20(14-16)30-3/h6-11,13-14H,4-5,12H2,1-3H3,(H,25,26,28). The summed E-state index contributed by atoms with van der Waals surface area (Å²) in [6.07, 6.45) is 2.02. The highest BCUT2D eigenvalue weighted by Crippen LogP contribution is 2.29. The molecule has 7 nitrogen and oxygen atoms in total. The van der Waals surface area contributed by atoms with Crippen LogP contribution in [-0.2, 0) is 6.54 Å². The molecule has 0 saturated heterocycles. The van der Waals surface area contributed by atoms with Gasteiger partial charge in [-0.25, -0.2) is 9.67 Å². The lowest BCUT2D eigenvalue weighted by atomic mass is 10.1. The first-order chi connectivity index (χ1) is 14.6. The summed E-state index contributed by atoms with van der Waals surface area (Å²) in [4.78, 5) is 17.7. The van der Waals surface area contributed by atoms with Crippen molar-refractivity contribution in [3.63, 3.8) is 0 Å². The van der Waals surface area contributed by atoms with Gasteiger partial charge in [0.15, 0.2) is 23.0 Å². The Kier molecular flexibility index (Phi) is 5.52. The van der Waals surface area contributed by atoms with E-state index < -0.39 is 0 Å². The first-order valence-electron chi connectivity index (χ1n) is 9.94. The first kappa shape index (κ1) is 19.7. The number of methoxy groups -OCH3 is 2. The molecule has 1 N–H and O–H groups in total. The second kappa shape index (κ2) is 8.41. The van der Waals surface area contributed by atoms with E-state index in [1.54, 1.807) is 32.4 Å². The van der Waals surface area contributed by atoms with E-state index >= 15 is 0 Å². The number of para-hydroxylation sites is 1. The Bertz CT molecular complexity index is 1220. The molecular weight excluding hydrogens is 380 g/mol. The van der Waals surface area contributed by atoms with Crippen molar-refractivity contribution in [2.45, 2.75) is 26.3 Å². The molecule has 4 aromatic rings. The number of rotatable bonds is 7. The van der Waals surface area contributed by atoms with Crippen molar-refractivity contribution >= 4 is 33.7 Å². The smallest absolute Gasteiger partial charge is 0.257 e. The van der Waals surface area contributed by atoms with Crippen molar-refractivity contribution in [2.75, 3.05) is 19.5 Å². The molecule has 0 spiro atoms. The number of aryl methyl sites for hydroxylation is 1. The quantitative estimate of drug-likeness (QED) is 0.485. The largest absolute Gasteiger partial charge is 0.493 e. The van der Waals surface area contributed by atoms with Crippen LogP contribution in [0.5, 0.6) is 11.5 Å². The number of ether oxygens (including phenoxy) is 2. The number of fused-ring (bicyclic) bond motifs is 2. The molecule has 0 saturated carbocycles. The molecule has 0 atom stereocenters. The minimum Gasteiger partial charge on any atom is -0.493 e. The maximum Gasteiger partial charge on any atom is 0.257 e. The van der Waals surface area contributed by atoms with Gasteiger partial charge < -0.3 is 14.8 Å². The van der Waals surface area contributed by atoms with Gasteiger partial charge in [-0.3, -0.25) is 4.79 Å². The highest BCUT2D eigenvalue weighted by molar-refractivity contribution is 6.09. The van der Waals surface area contributed by atoms with Crippen LogP contribution < -0.4 is 14.8 Å². The number of hydrogen-bond donors (Lipinski definition) is 1. The maximum absolute atomic E-state index is 12.9. The number of amides is 1. The fourth-order valence-electron chi connectivity index (χ4n) is 3.41. The normalized spacial score (nSPS) is 11.0. The average molecular weight is 404 g/mol. The second-order valence-corrected chi connectivity index (χ2v) is 7.00. The molecule has 2 aromatic heterocycles. The molecule has 0 aliphatic rings. The summed E-state index contributed by atoms with van der Waals surface area (Å²) in [6, 6.07) is 15.0. The van der Waals surface area contributed by atoms with Gasteiger partial charge in [0.1, 0.15) is 0 Å². The molecule has 7 heteroatoms.